The monoisotopic (exact) mass is 304 g/mol. The lowest BCUT2D eigenvalue weighted by molar-refractivity contribution is 0.409. The fraction of sp³-hybridized carbons (Fsp3) is 0.500. The van der Waals surface area contributed by atoms with Crippen LogP contribution in [-0.2, 0) is 16.6 Å². The van der Waals surface area contributed by atoms with Gasteiger partial charge in [-0.3, -0.25) is 0 Å². The van der Waals surface area contributed by atoms with Crippen LogP contribution in [0.2, 0.25) is 0 Å². The first-order chi connectivity index (χ1) is 8.94. The lowest BCUT2D eigenvalue weighted by Crippen LogP contribution is -2.29. The molecule has 0 radical (unpaired) electrons. The average molecular weight is 304 g/mol. The summed E-state index contributed by atoms with van der Waals surface area (Å²) in [6.07, 6.45) is 1.94. The molecular formula is C12H20N2O3S2. The van der Waals surface area contributed by atoms with Crippen LogP contribution in [0.3, 0.4) is 0 Å². The van der Waals surface area contributed by atoms with Crippen molar-refractivity contribution < 1.29 is 13.2 Å². The Labute approximate surface area is 119 Å². The molecule has 1 rings (SSSR count). The molecule has 3 N–H and O–H groups in total. The van der Waals surface area contributed by atoms with E-state index in [1.54, 1.807) is 23.9 Å². The maximum atomic E-state index is 12.1. The number of hydrogen-bond donors (Lipinski definition) is 2. The van der Waals surface area contributed by atoms with Gasteiger partial charge in [0.1, 0.15) is 5.75 Å². The molecule has 7 heteroatoms. The van der Waals surface area contributed by atoms with E-state index >= 15 is 0 Å². The van der Waals surface area contributed by atoms with Crippen LogP contribution >= 0.6 is 11.8 Å². The van der Waals surface area contributed by atoms with Crippen LogP contribution in [0, 0.1) is 0 Å². The van der Waals surface area contributed by atoms with Crippen LogP contribution in [0.25, 0.3) is 0 Å². The van der Waals surface area contributed by atoms with Crippen LogP contribution in [0.5, 0.6) is 5.75 Å². The molecule has 0 aliphatic rings. The summed E-state index contributed by atoms with van der Waals surface area (Å²) in [6, 6.07) is 4.68. The van der Waals surface area contributed by atoms with Gasteiger partial charge in [0.2, 0.25) is 10.0 Å². The van der Waals surface area contributed by atoms with E-state index in [2.05, 4.69) is 4.72 Å². The first kappa shape index (κ1) is 16.3. The Morgan fingerprint density at radius 1 is 1.47 bits per heavy atom. The van der Waals surface area contributed by atoms with Crippen molar-refractivity contribution in [1.82, 2.24) is 4.72 Å². The SMILES string of the molecule is COc1ccc(S(=O)(=O)NCC(C)SC)cc1CN. The van der Waals surface area contributed by atoms with Gasteiger partial charge in [-0.1, -0.05) is 6.92 Å². The summed E-state index contributed by atoms with van der Waals surface area (Å²) < 4.78 is 31.9. The molecule has 1 unspecified atom stereocenters. The molecular weight excluding hydrogens is 284 g/mol. The molecule has 0 heterocycles. The van der Waals surface area contributed by atoms with Gasteiger partial charge in [-0.15, -0.1) is 0 Å². The average Bonchev–Trinajstić information content (AvgIpc) is 2.43. The second-order valence-corrected chi connectivity index (χ2v) is 7.12. The van der Waals surface area contributed by atoms with E-state index in [9.17, 15) is 8.42 Å². The smallest absolute Gasteiger partial charge is 0.240 e. The largest absolute Gasteiger partial charge is 0.496 e. The molecule has 108 valence electrons. The van der Waals surface area contributed by atoms with Gasteiger partial charge in [-0.2, -0.15) is 11.8 Å². The quantitative estimate of drug-likeness (QED) is 0.790. The van der Waals surface area contributed by atoms with Crippen molar-refractivity contribution in [2.45, 2.75) is 23.6 Å². The predicted octanol–water partition coefficient (Wildman–Crippen LogP) is 1.18. The molecule has 0 spiro atoms. The zero-order chi connectivity index (χ0) is 14.5. The van der Waals surface area contributed by atoms with Crippen molar-refractivity contribution in [2.75, 3.05) is 19.9 Å². The maximum Gasteiger partial charge on any atom is 0.240 e. The van der Waals surface area contributed by atoms with Gasteiger partial charge in [0.25, 0.3) is 0 Å². The van der Waals surface area contributed by atoms with E-state index in [0.717, 1.165) is 0 Å². The lowest BCUT2D eigenvalue weighted by atomic mass is 10.2. The van der Waals surface area contributed by atoms with Crippen molar-refractivity contribution in [3.8, 4) is 5.75 Å². The minimum Gasteiger partial charge on any atom is -0.496 e. The molecule has 1 aromatic rings. The van der Waals surface area contributed by atoms with Crippen molar-refractivity contribution in [3.63, 3.8) is 0 Å². The van der Waals surface area contributed by atoms with Crippen LogP contribution < -0.4 is 15.2 Å². The van der Waals surface area contributed by atoms with Gasteiger partial charge >= 0.3 is 0 Å². The fourth-order valence-electron chi connectivity index (χ4n) is 1.48. The van der Waals surface area contributed by atoms with E-state index in [0.29, 0.717) is 17.9 Å². The van der Waals surface area contributed by atoms with Crippen LogP contribution in [0.4, 0.5) is 0 Å². The topological polar surface area (TPSA) is 81.4 Å². The van der Waals surface area contributed by atoms with E-state index in [1.165, 1.54) is 13.2 Å². The Bertz CT molecular complexity index is 518. The Hall–Kier alpha value is -0.760. The highest BCUT2D eigenvalue weighted by Crippen LogP contribution is 2.22. The fourth-order valence-corrected chi connectivity index (χ4v) is 3.01. The second-order valence-electron chi connectivity index (χ2n) is 4.08. The third kappa shape index (κ3) is 4.38. The van der Waals surface area contributed by atoms with Gasteiger partial charge in [0, 0.05) is 23.9 Å². The molecule has 0 amide bonds. The summed E-state index contributed by atoms with van der Waals surface area (Å²) >= 11 is 1.61. The highest BCUT2D eigenvalue weighted by molar-refractivity contribution is 7.99. The van der Waals surface area contributed by atoms with Gasteiger partial charge in [0.15, 0.2) is 0 Å². The highest BCUT2D eigenvalue weighted by atomic mass is 32.2. The normalized spacial score (nSPS) is 13.3. The van der Waals surface area contributed by atoms with Crippen molar-refractivity contribution in [2.24, 2.45) is 5.73 Å². The van der Waals surface area contributed by atoms with Crippen molar-refractivity contribution >= 4 is 21.8 Å². The van der Waals surface area contributed by atoms with Crippen LogP contribution in [0.1, 0.15) is 12.5 Å². The first-order valence-corrected chi connectivity index (χ1v) is 8.61. The summed E-state index contributed by atoms with van der Waals surface area (Å²) in [4.78, 5) is 0.210. The third-order valence-corrected chi connectivity index (χ3v) is 5.14. The van der Waals surface area contributed by atoms with Gasteiger partial charge in [0.05, 0.1) is 12.0 Å². The van der Waals surface area contributed by atoms with E-state index < -0.39 is 10.0 Å². The molecule has 0 aliphatic heterocycles. The molecule has 0 aromatic heterocycles. The molecule has 5 nitrogen and oxygen atoms in total. The standard InChI is InChI=1S/C12H20N2O3S2/c1-9(18-3)8-14-19(15,16)11-4-5-12(17-2)10(6-11)7-13/h4-6,9,14H,7-8,13H2,1-3H3. The number of sulfonamides is 1. The minimum atomic E-state index is -3.50. The van der Waals surface area contributed by atoms with Crippen LogP contribution in [-0.4, -0.2) is 33.6 Å². The number of methoxy groups -OCH3 is 1. The van der Waals surface area contributed by atoms with E-state index in [1.807, 2.05) is 13.2 Å². The maximum absolute atomic E-state index is 12.1. The highest BCUT2D eigenvalue weighted by Gasteiger charge is 2.16. The third-order valence-electron chi connectivity index (χ3n) is 2.75. The van der Waals surface area contributed by atoms with Gasteiger partial charge < -0.3 is 10.5 Å². The molecule has 0 fully saturated rings. The number of benzene rings is 1. The number of nitrogens with one attached hydrogen (secondary N) is 1. The van der Waals surface area contributed by atoms with Crippen LogP contribution in [0.15, 0.2) is 23.1 Å². The van der Waals surface area contributed by atoms with E-state index in [4.69, 9.17) is 10.5 Å². The Morgan fingerprint density at radius 3 is 2.68 bits per heavy atom. The number of nitrogens with two attached hydrogens (primary N) is 1. The van der Waals surface area contributed by atoms with Gasteiger partial charge in [-0.05, 0) is 24.5 Å². The molecule has 19 heavy (non-hydrogen) atoms. The van der Waals surface area contributed by atoms with Gasteiger partial charge in [-0.25, -0.2) is 13.1 Å². The summed E-state index contributed by atoms with van der Waals surface area (Å²) in [5.41, 5.74) is 6.25. The molecule has 0 bridgehead atoms. The molecule has 0 aliphatic carbocycles. The second kappa shape index (κ2) is 7.14. The molecule has 1 atom stereocenters. The Kier molecular flexibility index (Phi) is 6.12. The summed E-state index contributed by atoms with van der Waals surface area (Å²) in [6.45, 7) is 2.59. The zero-order valence-electron chi connectivity index (χ0n) is 11.3. The molecule has 0 saturated carbocycles. The van der Waals surface area contributed by atoms with Crippen molar-refractivity contribution in [3.05, 3.63) is 23.8 Å². The number of thioether (sulfide) groups is 1. The number of hydrogen-bond acceptors (Lipinski definition) is 5. The van der Waals surface area contributed by atoms with E-state index in [-0.39, 0.29) is 16.7 Å². The Balaban J connectivity index is 2.95. The Morgan fingerprint density at radius 2 is 2.16 bits per heavy atom. The summed E-state index contributed by atoms with van der Waals surface area (Å²) in [5.74, 6) is 0.596. The number of ether oxygens (including phenoxy) is 1. The zero-order valence-corrected chi connectivity index (χ0v) is 13.0. The molecule has 1 aromatic carbocycles. The predicted molar refractivity (Wildman–Crippen MR) is 79.1 cm³/mol. The van der Waals surface area contributed by atoms with Crippen molar-refractivity contribution in [1.29, 1.82) is 0 Å². The minimum absolute atomic E-state index is 0.210. The lowest BCUT2D eigenvalue weighted by Gasteiger charge is -2.12. The number of rotatable bonds is 7. The summed E-state index contributed by atoms with van der Waals surface area (Å²) in [7, 11) is -1.97. The molecule has 0 saturated heterocycles. The summed E-state index contributed by atoms with van der Waals surface area (Å²) in [5, 5.41) is 0.224. The first-order valence-electron chi connectivity index (χ1n) is 5.84.